The minimum atomic E-state index is -1.39. The molecule has 2 aliphatic heterocycles. The number of ether oxygens (including phenoxy) is 1. The highest BCUT2D eigenvalue weighted by Gasteiger charge is 2.26. The molecule has 3 heterocycles. The van der Waals surface area contributed by atoms with Crippen LogP contribution in [0.15, 0.2) is 54.6 Å². The predicted molar refractivity (Wildman–Crippen MR) is 145 cm³/mol. The molecule has 2 saturated heterocycles. The number of aliphatic hydroxyl groups is 1. The molecule has 12 nitrogen and oxygen atoms in total. The molecule has 2 fully saturated rings. The van der Waals surface area contributed by atoms with Crippen molar-refractivity contribution in [3.8, 4) is 0 Å². The van der Waals surface area contributed by atoms with Gasteiger partial charge in [-0.2, -0.15) is 4.98 Å². The smallest absolute Gasteiger partial charge is 0.254 e. The van der Waals surface area contributed by atoms with E-state index in [9.17, 15) is 14.7 Å². The monoisotopic (exact) mass is 532 g/mol. The van der Waals surface area contributed by atoms with Crippen molar-refractivity contribution >= 4 is 29.3 Å². The number of benzene rings is 2. The maximum atomic E-state index is 12.7. The van der Waals surface area contributed by atoms with E-state index in [0.29, 0.717) is 62.2 Å². The first kappa shape index (κ1) is 26.5. The number of hydrogen-bond acceptors (Lipinski definition) is 10. The van der Waals surface area contributed by atoms with Crippen LogP contribution in [-0.2, 0) is 4.74 Å². The first-order chi connectivity index (χ1) is 19.0. The van der Waals surface area contributed by atoms with Gasteiger partial charge in [-0.3, -0.25) is 9.59 Å². The van der Waals surface area contributed by atoms with Gasteiger partial charge in [0.1, 0.15) is 5.69 Å². The number of piperidine rings is 1. The van der Waals surface area contributed by atoms with Gasteiger partial charge in [0.25, 0.3) is 11.8 Å². The van der Waals surface area contributed by atoms with E-state index in [2.05, 4.69) is 25.8 Å². The van der Waals surface area contributed by atoms with Crippen LogP contribution in [0.5, 0.6) is 0 Å². The zero-order valence-corrected chi connectivity index (χ0v) is 21.5. The van der Waals surface area contributed by atoms with Crippen LogP contribution in [0.2, 0.25) is 0 Å². The van der Waals surface area contributed by atoms with E-state index in [-0.39, 0.29) is 29.4 Å². The van der Waals surface area contributed by atoms with Crippen molar-refractivity contribution in [3.63, 3.8) is 0 Å². The Morgan fingerprint density at radius 1 is 1.00 bits per heavy atom. The number of nitrogens with zero attached hydrogens (tertiary/aromatic N) is 5. The number of rotatable bonds is 7. The van der Waals surface area contributed by atoms with Crippen molar-refractivity contribution in [3.05, 3.63) is 71.4 Å². The molecule has 2 amide bonds. The summed E-state index contributed by atoms with van der Waals surface area (Å²) in [6, 6.07) is 16.0. The van der Waals surface area contributed by atoms with Gasteiger partial charge in [-0.1, -0.05) is 18.2 Å². The fourth-order valence-electron chi connectivity index (χ4n) is 4.67. The molecular weight excluding hydrogens is 500 g/mol. The second kappa shape index (κ2) is 12.2. The maximum Gasteiger partial charge on any atom is 0.254 e. The van der Waals surface area contributed by atoms with Gasteiger partial charge < -0.3 is 36.0 Å². The highest BCUT2D eigenvalue weighted by atomic mass is 16.5. The standard InChI is InChI=1S/C27H32N8O4/c28-23(36)22-24(29-20-10-8-19(9-11-20)26(38)34-13-15-39-16-14-34)31-27(33-32-22)35-12-4-7-21(17-35)30-25(37)18-5-2-1-3-6-18/h1-3,5-6,8-11,21,23,36H,4,7,12-17,28H2,(H,30,37)(H,29,31,33)/t21-,23?/m1/s1. The lowest BCUT2D eigenvalue weighted by Crippen LogP contribution is -2.48. The molecule has 2 aromatic carbocycles. The molecule has 5 rings (SSSR count). The normalized spacial score (nSPS) is 18.4. The van der Waals surface area contributed by atoms with Crippen LogP contribution in [-0.4, -0.2) is 82.4 Å². The number of carbonyl (C=O) groups excluding carboxylic acids is 2. The SMILES string of the molecule is NC(O)c1nnc(N2CCC[C@@H](NC(=O)c3ccccc3)C2)nc1Nc1ccc(C(=O)N2CCOCC2)cc1. The minimum Gasteiger partial charge on any atom is -0.378 e. The average Bonchev–Trinajstić information content (AvgIpc) is 2.98. The van der Waals surface area contributed by atoms with Crippen molar-refractivity contribution in [2.75, 3.05) is 49.6 Å². The highest BCUT2D eigenvalue weighted by Crippen LogP contribution is 2.24. The quantitative estimate of drug-likeness (QED) is 0.328. The second-order valence-corrected chi connectivity index (χ2v) is 9.52. The summed E-state index contributed by atoms with van der Waals surface area (Å²) in [6.45, 7) is 3.42. The predicted octanol–water partition coefficient (Wildman–Crippen LogP) is 1.44. The largest absolute Gasteiger partial charge is 0.378 e. The van der Waals surface area contributed by atoms with Crippen LogP contribution in [0.3, 0.4) is 0 Å². The Morgan fingerprint density at radius 2 is 1.74 bits per heavy atom. The Labute approximate surface area is 226 Å². The van der Waals surface area contributed by atoms with Crippen LogP contribution in [0.1, 0.15) is 45.5 Å². The third-order valence-corrected chi connectivity index (χ3v) is 6.75. The topological polar surface area (TPSA) is 159 Å². The van der Waals surface area contributed by atoms with Gasteiger partial charge in [-0.05, 0) is 49.2 Å². The lowest BCUT2D eigenvalue weighted by molar-refractivity contribution is 0.0303. The van der Waals surface area contributed by atoms with Crippen LogP contribution < -0.4 is 21.3 Å². The summed E-state index contributed by atoms with van der Waals surface area (Å²) in [5, 5.41) is 24.6. The summed E-state index contributed by atoms with van der Waals surface area (Å²) < 4.78 is 5.32. The summed E-state index contributed by atoms with van der Waals surface area (Å²) in [7, 11) is 0. The summed E-state index contributed by atoms with van der Waals surface area (Å²) in [4.78, 5) is 33.7. The van der Waals surface area contributed by atoms with Crippen LogP contribution >= 0.6 is 0 Å². The number of amides is 2. The molecule has 2 atom stereocenters. The van der Waals surface area contributed by atoms with Gasteiger partial charge >= 0.3 is 0 Å². The second-order valence-electron chi connectivity index (χ2n) is 9.52. The van der Waals surface area contributed by atoms with E-state index in [1.807, 2.05) is 23.1 Å². The van der Waals surface area contributed by atoms with Gasteiger partial charge in [0, 0.05) is 49.0 Å². The Hall–Kier alpha value is -4.13. The fraction of sp³-hybridized carbons (Fsp3) is 0.370. The third-order valence-electron chi connectivity index (χ3n) is 6.75. The molecule has 2 aliphatic rings. The van der Waals surface area contributed by atoms with Gasteiger partial charge in [0.2, 0.25) is 5.95 Å². The number of aliphatic hydroxyl groups excluding tert-OH is 1. The summed E-state index contributed by atoms with van der Waals surface area (Å²) in [5.74, 6) is 0.450. The molecule has 1 unspecified atom stereocenters. The molecule has 39 heavy (non-hydrogen) atoms. The Bertz CT molecular complexity index is 1280. The molecule has 0 aliphatic carbocycles. The first-order valence-electron chi connectivity index (χ1n) is 13.0. The lowest BCUT2D eigenvalue weighted by atomic mass is 10.1. The molecule has 3 aromatic rings. The van der Waals surface area contributed by atoms with Crippen LogP contribution in [0.25, 0.3) is 0 Å². The summed E-state index contributed by atoms with van der Waals surface area (Å²) >= 11 is 0. The molecule has 0 spiro atoms. The third kappa shape index (κ3) is 6.48. The van der Waals surface area contributed by atoms with E-state index in [1.165, 1.54) is 0 Å². The molecule has 0 bridgehead atoms. The molecule has 5 N–H and O–H groups in total. The highest BCUT2D eigenvalue weighted by molar-refractivity contribution is 5.95. The first-order valence-corrected chi connectivity index (χ1v) is 13.0. The lowest BCUT2D eigenvalue weighted by Gasteiger charge is -2.33. The Balaban J connectivity index is 1.28. The van der Waals surface area contributed by atoms with E-state index >= 15 is 0 Å². The van der Waals surface area contributed by atoms with E-state index in [4.69, 9.17) is 10.5 Å². The minimum absolute atomic E-state index is 0.0482. The maximum absolute atomic E-state index is 12.7. The number of morpholine rings is 1. The number of anilines is 3. The van der Waals surface area contributed by atoms with E-state index in [0.717, 1.165) is 12.8 Å². The zero-order chi connectivity index (χ0) is 27.2. The molecule has 0 radical (unpaired) electrons. The van der Waals surface area contributed by atoms with Crippen LogP contribution in [0, 0.1) is 0 Å². The number of nitrogens with one attached hydrogen (secondary N) is 2. The molecule has 204 valence electrons. The van der Waals surface area contributed by atoms with Crippen molar-refractivity contribution in [1.82, 2.24) is 25.4 Å². The van der Waals surface area contributed by atoms with Crippen molar-refractivity contribution in [2.24, 2.45) is 5.73 Å². The van der Waals surface area contributed by atoms with E-state index < -0.39 is 6.23 Å². The Kier molecular flexibility index (Phi) is 8.25. The molecular formula is C27H32N8O4. The van der Waals surface area contributed by atoms with Crippen molar-refractivity contribution in [1.29, 1.82) is 0 Å². The number of aromatic nitrogens is 3. The van der Waals surface area contributed by atoms with Crippen LogP contribution in [0.4, 0.5) is 17.5 Å². The fourth-order valence-corrected chi connectivity index (χ4v) is 4.67. The number of nitrogens with two attached hydrogens (primary N) is 1. The number of hydrogen-bond donors (Lipinski definition) is 4. The van der Waals surface area contributed by atoms with Gasteiger partial charge in [-0.15, -0.1) is 10.2 Å². The van der Waals surface area contributed by atoms with Gasteiger partial charge in [-0.25, -0.2) is 0 Å². The van der Waals surface area contributed by atoms with Gasteiger partial charge in [0.05, 0.1) is 13.2 Å². The molecule has 0 saturated carbocycles. The van der Waals surface area contributed by atoms with E-state index in [1.54, 1.807) is 41.3 Å². The van der Waals surface area contributed by atoms with Crippen molar-refractivity contribution < 1.29 is 19.4 Å². The zero-order valence-electron chi connectivity index (χ0n) is 21.5. The summed E-state index contributed by atoms with van der Waals surface area (Å²) in [5.41, 5.74) is 7.65. The number of carbonyl (C=O) groups is 2. The molecule has 12 heteroatoms. The average molecular weight is 533 g/mol. The summed E-state index contributed by atoms with van der Waals surface area (Å²) in [6.07, 6.45) is 0.289. The molecule has 1 aromatic heterocycles. The van der Waals surface area contributed by atoms with Crippen molar-refractivity contribution in [2.45, 2.75) is 25.1 Å². The Morgan fingerprint density at radius 3 is 2.46 bits per heavy atom. The van der Waals surface area contributed by atoms with Gasteiger partial charge in [0.15, 0.2) is 12.0 Å².